The van der Waals surface area contributed by atoms with Gasteiger partial charge in [0.2, 0.25) is 0 Å². The van der Waals surface area contributed by atoms with Crippen molar-refractivity contribution in [2.24, 2.45) is 0 Å². The Morgan fingerprint density at radius 1 is 1.35 bits per heavy atom. The Balaban J connectivity index is 1.51. The SMILES string of the molecule is O=C(Nc1nc(C2CC2)cs1)c1cn(-c2ccccc2Br)nn1. The fourth-order valence-corrected chi connectivity index (χ4v) is 3.45. The summed E-state index contributed by atoms with van der Waals surface area (Å²) in [5, 5.41) is 13.3. The van der Waals surface area contributed by atoms with Gasteiger partial charge in [-0.25, -0.2) is 9.67 Å². The molecule has 116 valence electrons. The van der Waals surface area contributed by atoms with E-state index in [1.54, 1.807) is 10.9 Å². The van der Waals surface area contributed by atoms with E-state index >= 15 is 0 Å². The van der Waals surface area contributed by atoms with Crippen molar-refractivity contribution in [3.63, 3.8) is 0 Å². The molecular weight excluding hydrogens is 378 g/mol. The van der Waals surface area contributed by atoms with Crippen LogP contribution in [0.5, 0.6) is 0 Å². The first-order chi connectivity index (χ1) is 11.2. The van der Waals surface area contributed by atoms with E-state index in [0.29, 0.717) is 11.0 Å². The predicted molar refractivity (Wildman–Crippen MR) is 91.1 cm³/mol. The Hall–Kier alpha value is -2.06. The van der Waals surface area contributed by atoms with Crippen LogP contribution in [0.25, 0.3) is 5.69 Å². The number of anilines is 1. The van der Waals surface area contributed by atoms with Crippen molar-refractivity contribution in [2.45, 2.75) is 18.8 Å². The third-order valence-electron chi connectivity index (χ3n) is 3.56. The quantitative estimate of drug-likeness (QED) is 0.739. The van der Waals surface area contributed by atoms with Gasteiger partial charge in [-0.15, -0.1) is 16.4 Å². The van der Waals surface area contributed by atoms with Crippen molar-refractivity contribution in [2.75, 3.05) is 5.32 Å². The summed E-state index contributed by atoms with van der Waals surface area (Å²) in [4.78, 5) is 16.7. The topological polar surface area (TPSA) is 72.7 Å². The Kier molecular flexibility index (Phi) is 3.70. The summed E-state index contributed by atoms with van der Waals surface area (Å²) < 4.78 is 2.45. The van der Waals surface area contributed by atoms with Crippen molar-refractivity contribution < 1.29 is 4.79 Å². The number of benzene rings is 1. The number of hydrogen-bond acceptors (Lipinski definition) is 5. The summed E-state index contributed by atoms with van der Waals surface area (Å²) in [6.45, 7) is 0. The summed E-state index contributed by atoms with van der Waals surface area (Å²) >= 11 is 4.90. The van der Waals surface area contributed by atoms with Crippen LogP contribution in [0.1, 0.15) is 34.9 Å². The van der Waals surface area contributed by atoms with Crippen molar-refractivity contribution in [3.8, 4) is 5.69 Å². The van der Waals surface area contributed by atoms with E-state index in [1.165, 1.54) is 24.2 Å². The number of nitrogens with one attached hydrogen (secondary N) is 1. The first-order valence-electron chi connectivity index (χ1n) is 7.15. The number of para-hydroxylation sites is 1. The van der Waals surface area contributed by atoms with Crippen LogP contribution in [0, 0.1) is 0 Å². The molecule has 23 heavy (non-hydrogen) atoms. The highest BCUT2D eigenvalue weighted by Crippen LogP contribution is 2.40. The van der Waals surface area contributed by atoms with E-state index in [1.807, 2.05) is 29.6 Å². The van der Waals surface area contributed by atoms with Crippen LogP contribution >= 0.6 is 27.3 Å². The number of rotatable bonds is 4. The molecule has 0 saturated heterocycles. The Morgan fingerprint density at radius 3 is 2.96 bits per heavy atom. The molecule has 1 N–H and O–H groups in total. The van der Waals surface area contributed by atoms with Crippen LogP contribution in [0.3, 0.4) is 0 Å². The molecule has 8 heteroatoms. The van der Waals surface area contributed by atoms with Gasteiger partial charge in [-0.1, -0.05) is 17.3 Å². The molecular formula is C15H12BrN5OS. The van der Waals surface area contributed by atoms with Crippen LogP contribution in [0.15, 0.2) is 40.3 Å². The van der Waals surface area contributed by atoms with E-state index in [2.05, 4.69) is 36.5 Å². The summed E-state index contributed by atoms with van der Waals surface area (Å²) in [7, 11) is 0. The average Bonchev–Trinajstić information content (AvgIpc) is 3.09. The Labute approximate surface area is 144 Å². The summed E-state index contributed by atoms with van der Waals surface area (Å²) in [6.07, 6.45) is 3.99. The van der Waals surface area contributed by atoms with Gasteiger partial charge in [-0.05, 0) is 40.9 Å². The molecule has 2 heterocycles. The maximum Gasteiger partial charge on any atom is 0.279 e. The lowest BCUT2D eigenvalue weighted by Gasteiger charge is -2.01. The van der Waals surface area contributed by atoms with Crippen LogP contribution in [-0.4, -0.2) is 25.9 Å². The summed E-state index contributed by atoms with van der Waals surface area (Å²) in [6, 6.07) is 7.61. The molecule has 0 radical (unpaired) electrons. The number of hydrogen-bond donors (Lipinski definition) is 1. The van der Waals surface area contributed by atoms with E-state index in [9.17, 15) is 4.79 Å². The molecule has 0 spiro atoms. The highest BCUT2D eigenvalue weighted by Gasteiger charge is 2.26. The van der Waals surface area contributed by atoms with Crippen molar-refractivity contribution in [1.29, 1.82) is 0 Å². The first kappa shape index (κ1) is 14.5. The standard InChI is InChI=1S/C15H12BrN5OS/c16-10-3-1-2-4-13(10)21-7-11(19-20-21)14(22)18-15-17-12(8-23-15)9-5-6-9/h1-4,7-9H,5-6H2,(H,17,18,22). The Bertz CT molecular complexity index is 870. The van der Waals surface area contributed by atoms with Gasteiger partial charge in [0.25, 0.3) is 5.91 Å². The zero-order chi connectivity index (χ0) is 15.8. The monoisotopic (exact) mass is 389 g/mol. The van der Waals surface area contributed by atoms with Gasteiger partial charge >= 0.3 is 0 Å². The zero-order valence-electron chi connectivity index (χ0n) is 11.9. The number of thiazole rings is 1. The molecule has 2 aromatic heterocycles. The minimum Gasteiger partial charge on any atom is -0.296 e. The van der Waals surface area contributed by atoms with Gasteiger partial charge in [0, 0.05) is 15.8 Å². The van der Waals surface area contributed by atoms with Crippen LogP contribution in [0.4, 0.5) is 5.13 Å². The number of carbonyl (C=O) groups excluding carboxylic acids is 1. The number of amides is 1. The van der Waals surface area contributed by atoms with Crippen LogP contribution in [0.2, 0.25) is 0 Å². The van der Waals surface area contributed by atoms with Gasteiger partial charge in [0.1, 0.15) is 0 Å². The second-order valence-corrected chi connectivity index (χ2v) is 7.02. The van der Waals surface area contributed by atoms with E-state index in [-0.39, 0.29) is 11.6 Å². The molecule has 0 unspecified atom stereocenters. The highest BCUT2D eigenvalue weighted by molar-refractivity contribution is 9.10. The lowest BCUT2D eigenvalue weighted by molar-refractivity contribution is 0.102. The molecule has 0 atom stereocenters. The maximum absolute atomic E-state index is 12.3. The lowest BCUT2D eigenvalue weighted by atomic mass is 10.3. The van der Waals surface area contributed by atoms with Gasteiger partial charge in [0.05, 0.1) is 17.6 Å². The molecule has 6 nitrogen and oxygen atoms in total. The molecule has 1 fully saturated rings. The molecule has 1 aliphatic carbocycles. The van der Waals surface area contributed by atoms with Gasteiger partial charge in [-0.3, -0.25) is 10.1 Å². The molecule has 0 aliphatic heterocycles. The molecule has 0 bridgehead atoms. The Morgan fingerprint density at radius 2 is 2.17 bits per heavy atom. The maximum atomic E-state index is 12.3. The molecule has 1 saturated carbocycles. The summed E-state index contributed by atoms with van der Waals surface area (Å²) in [5.41, 5.74) is 2.15. The number of nitrogens with zero attached hydrogens (tertiary/aromatic N) is 4. The third-order valence-corrected chi connectivity index (χ3v) is 5.01. The van der Waals surface area contributed by atoms with Gasteiger partial charge < -0.3 is 0 Å². The molecule has 4 rings (SSSR count). The fourth-order valence-electron chi connectivity index (χ4n) is 2.19. The largest absolute Gasteiger partial charge is 0.296 e. The molecule has 3 aromatic rings. The predicted octanol–water partition coefficient (Wildman–Crippen LogP) is 3.62. The molecule has 1 amide bonds. The minimum atomic E-state index is -0.306. The molecule has 1 aromatic carbocycles. The normalized spacial score (nSPS) is 14.0. The fraction of sp³-hybridized carbons (Fsp3) is 0.200. The summed E-state index contributed by atoms with van der Waals surface area (Å²) in [5.74, 6) is 0.271. The van der Waals surface area contributed by atoms with Crippen molar-refractivity contribution >= 4 is 38.3 Å². The average molecular weight is 390 g/mol. The van der Waals surface area contributed by atoms with Crippen molar-refractivity contribution in [1.82, 2.24) is 20.0 Å². The number of carbonyl (C=O) groups is 1. The highest BCUT2D eigenvalue weighted by atomic mass is 79.9. The number of aromatic nitrogens is 4. The minimum absolute atomic E-state index is 0.254. The van der Waals surface area contributed by atoms with Crippen LogP contribution < -0.4 is 5.32 Å². The third kappa shape index (κ3) is 3.04. The second-order valence-electron chi connectivity index (χ2n) is 5.31. The second kappa shape index (κ2) is 5.86. The van der Waals surface area contributed by atoms with E-state index in [4.69, 9.17) is 0 Å². The first-order valence-corrected chi connectivity index (χ1v) is 8.82. The van der Waals surface area contributed by atoms with E-state index < -0.39 is 0 Å². The molecule has 1 aliphatic rings. The van der Waals surface area contributed by atoms with Gasteiger partial charge in [0.15, 0.2) is 10.8 Å². The van der Waals surface area contributed by atoms with Crippen molar-refractivity contribution in [3.05, 3.63) is 51.7 Å². The number of halogens is 1. The smallest absolute Gasteiger partial charge is 0.279 e. The zero-order valence-corrected chi connectivity index (χ0v) is 14.3. The van der Waals surface area contributed by atoms with Crippen LogP contribution in [-0.2, 0) is 0 Å². The van der Waals surface area contributed by atoms with Gasteiger partial charge in [-0.2, -0.15) is 0 Å². The van der Waals surface area contributed by atoms with E-state index in [0.717, 1.165) is 15.9 Å². The lowest BCUT2D eigenvalue weighted by Crippen LogP contribution is -2.12.